The second-order valence-corrected chi connectivity index (χ2v) is 9.70. The van der Waals surface area contributed by atoms with E-state index in [-0.39, 0.29) is 26.2 Å². The van der Waals surface area contributed by atoms with E-state index >= 15 is 0 Å². The topological polar surface area (TPSA) is 144 Å². The Morgan fingerprint density at radius 2 is 1.41 bits per heavy atom. The van der Waals surface area contributed by atoms with E-state index in [1.807, 2.05) is 60.7 Å². The number of carbonyl (C=O) groups excluding carboxylic acids is 4. The third-order valence-electron chi connectivity index (χ3n) is 5.10. The number of ether oxygens (including phenoxy) is 2. The fourth-order valence-electron chi connectivity index (χ4n) is 3.26. The van der Waals surface area contributed by atoms with Crippen molar-refractivity contribution in [1.82, 2.24) is 21.4 Å². The second-order valence-electron chi connectivity index (χ2n) is 9.70. The minimum atomic E-state index is -0.942. The van der Waals surface area contributed by atoms with Gasteiger partial charge in [-0.05, 0) is 51.2 Å². The van der Waals surface area contributed by atoms with E-state index in [2.05, 4.69) is 21.4 Å². The van der Waals surface area contributed by atoms with Gasteiger partial charge in [0, 0.05) is 6.54 Å². The van der Waals surface area contributed by atoms with Crippen LogP contribution in [0.15, 0.2) is 60.7 Å². The lowest BCUT2D eigenvalue weighted by Gasteiger charge is -2.23. The summed E-state index contributed by atoms with van der Waals surface area (Å²) in [5, 5.41) is 7.71. The molecule has 0 aromatic heterocycles. The summed E-state index contributed by atoms with van der Waals surface area (Å²) in [5.41, 5.74) is 3.28. The quantitative estimate of drug-likeness (QED) is 0.212. The van der Waals surface area contributed by atoms with Crippen molar-refractivity contribution in [3.8, 4) is 0 Å². The van der Waals surface area contributed by atoms with E-state index in [0.717, 1.165) is 11.1 Å². The molecular weight excluding hydrogens is 504 g/mol. The summed E-state index contributed by atoms with van der Waals surface area (Å²) >= 11 is 0. The SMILES string of the molecule is CC(C)(C)OC(=O)N[C@@H](CCCCNC(=O)OCc1ccccc1)C(=O)NCC(=O)NOCc1ccccc1. The highest BCUT2D eigenvalue weighted by molar-refractivity contribution is 5.89. The van der Waals surface area contributed by atoms with Gasteiger partial charge >= 0.3 is 12.2 Å². The Balaban J connectivity index is 1.74. The van der Waals surface area contributed by atoms with Gasteiger partial charge in [-0.2, -0.15) is 0 Å². The largest absolute Gasteiger partial charge is 0.445 e. The number of hydrogen-bond donors (Lipinski definition) is 4. The highest BCUT2D eigenvalue weighted by Gasteiger charge is 2.24. The molecule has 4 N–H and O–H groups in total. The van der Waals surface area contributed by atoms with Crippen molar-refractivity contribution in [2.75, 3.05) is 13.1 Å². The van der Waals surface area contributed by atoms with E-state index in [9.17, 15) is 19.2 Å². The molecule has 1 atom stereocenters. The monoisotopic (exact) mass is 542 g/mol. The van der Waals surface area contributed by atoms with E-state index in [1.165, 1.54) is 0 Å². The Labute approximate surface area is 228 Å². The molecule has 0 aliphatic carbocycles. The van der Waals surface area contributed by atoms with Crippen molar-refractivity contribution < 1.29 is 33.5 Å². The maximum Gasteiger partial charge on any atom is 0.408 e. The second kappa shape index (κ2) is 16.7. The minimum Gasteiger partial charge on any atom is -0.445 e. The molecule has 4 amide bonds. The van der Waals surface area contributed by atoms with Crippen LogP contribution < -0.4 is 21.4 Å². The molecule has 0 fully saturated rings. The first kappa shape index (κ1) is 31.1. The summed E-state index contributed by atoms with van der Waals surface area (Å²) in [6, 6.07) is 17.7. The van der Waals surface area contributed by atoms with Crippen LogP contribution in [0.4, 0.5) is 9.59 Å². The molecule has 2 aromatic rings. The molecule has 0 saturated heterocycles. The van der Waals surface area contributed by atoms with Crippen LogP contribution in [-0.2, 0) is 37.1 Å². The van der Waals surface area contributed by atoms with Gasteiger partial charge in [-0.25, -0.2) is 15.1 Å². The molecule has 2 aromatic carbocycles. The normalized spacial score (nSPS) is 11.6. The number of nitrogens with one attached hydrogen (secondary N) is 4. The van der Waals surface area contributed by atoms with Crippen LogP contribution in [0, 0.1) is 0 Å². The molecular formula is C28H38N4O7. The lowest BCUT2D eigenvalue weighted by molar-refractivity contribution is -0.136. The maximum atomic E-state index is 12.7. The Morgan fingerprint density at radius 3 is 2.03 bits per heavy atom. The molecule has 11 nitrogen and oxygen atoms in total. The number of amides is 4. The number of hydroxylamine groups is 1. The van der Waals surface area contributed by atoms with Gasteiger partial charge in [0.05, 0.1) is 13.2 Å². The fraction of sp³-hybridized carbons (Fsp3) is 0.429. The van der Waals surface area contributed by atoms with Gasteiger partial charge in [-0.15, -0.1) is 0 Å². The molecule has 0 unspecified atom stereocenters. The Morgan fingerprint density at radius 1 is 0.795 bits per heavy atom. The highest BCUT2D eigenvalue weighted by atomic mass is 16.6. The first-order valence-electron chi connectivity index (χ1n) is 12.8. The van der Waals surface area contributed by atoms with Gasteiger partial charge in [0.1, 0.15) is 18.2 Å². The summed E-state index contributed by atoms with van der Waals surface area (Å²) in [6.07, 6.45) is 0.00649. The van der Waals surface area contributed by atoms with Gasteiger partial charge in [0.2, 0.25) is 5.91 Å². The van der Waals surface area contributed by atoms with E-state index < -0.39 is 35.6 Å². The summed E-state index contributed by atoms with van der Waals surface area (Å²) in [4.78, 5) is 54.1. The number of unbranched alkanes of at least 4 members (excludes halogenated alkanes) is 1. The van der Waals surface area contributed by atoms with Crippen molar-refractivity contribution in [2.45, 2.75) is 64.9 Å². The number of carbonyl (C=O) groups is 4. The minimum absolute atomic E-state index is 0.166. The van der Waals surface area contributed by atoms with Crippen molar-refractivity contribution >= 4 is 24.0 Å². The predicted octanol–water partition coefficient (Wildman–Crippen LogP) is 3.34. The van der Waals surface area contributed by atoms with Crippen molar-refractivity contribution in [3.05, 3.63) is 71.8 Å². The molecule has 0 bridgehead atoms. The number of benzene rings is 2. The molecule has 0 saturated carbocycles. The van der Waals surface area contributed by atoms with E-state index in [4.69, 9.17) is 14.3 Å². The van der Waals surface area contributed by atoms with Crippen molar-refractivity contribution in [2.24, 2.45) is 0 Å². The van der Waals surface area contributed by atoms with E-state index in [1.54, 1.807) is 20.8 Å². The first-order valence-corrected chi connectivity index (χ1v) is 12.8. The molecule has 0 heterocycles. The number of alkyl carbamates (subject to hydrolysis) is 2. The zero-order chi connectivity index (χ0) is 28.5. The molecule has 0 spiro atoms. The molecule has 0 aliphatic rings. The average molecular weight is 543 g/mol. The third kappa shape index (κ3) is 14.4. The molecule has 39 heavy (non-hydrogen) atoms. The lowest BCUT2D eigenvalue weighted by atomic mass is 10.1. The van der Waals surface area contributed by atoms with Crippen LogP contribution in [0.1, 0.15) is 51.2 Å². The molecule has 0 aliphatic heterocycles. The van der Waals surface area contributed by atoms with Gasteiger partial charge < -0.3 is 25.4 Å². The first-order chi connectivity index (χ1) is 18.6. The van der Waals surface area contributed by atoms with Crippen LogP contribution in [0.5, 0.6) is 0 Å². The Bertz CT molecular complexity index is 1040. The number of rotatable bonds is 14. The van der Waals surface area contributed by atoms with E-state index in [0.29, 0.717) is 19.4 Å². The van der Waals surface area contributed by atoms with Gasteiger partial charge in [-0.1, -0.05) is 60.7 Å². The molecule has 0 radical (unpaired) electrons. The fourth-order valence-corrected chi connectivity index (χ4v) is 3.26. The van der Waals surface area contributed by atoms with Gasteiger partial charge in [-0.3, -0.25) is 14.4 Å². The lowest BCUT2D eigenvalue weighted by Crippen LogP contribution is -2.50. The highest BCUT2D eigenvalue weighted by Crippen LogP contribution is 2.09. The smallest absolute Gasteiger partial charge is 0.408 e. The van der Waals surface area contributed by atoms with Crippen LogP contribution >= 0.6 is 0 Å². The van der Waals surface area contributed by atoms with Crippen LogP contribution in [0.3, 0.4) is 0 Å². The standard InChI is InChI=1S/C28H38N4O7/c1-28(2,3)39-27(36)31-23(16-10-11-17-29-26(35)37-19-21-12-6-4-7-13-21)25(34)30-18-24(33)32-38-20-22-14-8-5-9-15-22/h4-9,12-15,23H,10-11,16-20H2,1-3H3,(H,29,35)(H,30,34)(H,31,36)(H,32,33)/t23-/m0/s1. The summed E-state index contributed by atoms with van der Waals surface area (Å²) in [5.74, 6) is -1.09. The third-order valence-corrected chi connectivity index (χ3v) is 5.10. The van der Waals surface area contributed by atoms with Crippen LogP contribution in [-0.4, -0.2) is 48.7 Å². The Kier molecular flexibility index (Phi) is 13.3. The summed E-state index contributed by atoms with van der Waals surface area (Å²) < 4.78 is 10.4. The van der Waals surface area contributed by atoms with Gasteiger partial charge in [0.15, 0.2) is 0 Å². The predicted molar refractivity (Wildman–Crippen MR) is 144 cm³/mol. The van der Waals surface area contributed by atoms with Gasteiger partial charge in [0.25, 0.3) is 5.91 Å². The number of hydrogen-bond acceptors (Lipinski definition) is 7. The van der Waals surface area contributed by atoms with Crippen molar-refractivity contribution in [1.29, 1.82) is 0 Å². The molecule has 212 valence electrons. The summed E-state index contributed by atoms with van der Waals surface area (Å²) in [7, 11) is 0. The zero-order valence-corrected chi connectivity index (χ0v) is 22.7. The average Bonchev–Trinajstić information content (AvgIpc) is 2.90. The van der Waals surface area contributed by atoms with Crippen molar-refractivity contribution in [3.63, 3.8) is 0 Å². The van der Waals surface area contributed by atoms with Crippen LogP contribution in [0.25, 0.3) is 0 Å². The zero-order valence-electron chi connectivity index (χ0n) is 22.7. The Hall–Kier alpha value is -4.12. The molecule has 11 heteroatoms. The summed E-state index contributed by atoms with van der Waals surface area (Å²) in [6.45, 7) is 5.47. The van der Waals surface area contributed by atoms with Crippen LogP contribution in [0.2, 0.25) is 0 Å². The molecule has 2 rings (SSSR count). The maximum absolute atomic E-state index is 12.7.